The molecule has 0 saturated heterocycles. The highest BCUT2D eigenvalue weighted by atomic mass is 127. The van der Waals surface area contributed by atoms with Crippen molar-refractivity contribution < 1.29 is 5.11 Å². The fourth-order valence-electron chi connectivity index (χ4n) is 3.49. The molecule has 7 heteroatoms. The third-order valence-corrected chi connectivity index (χ3v) is 5.19. The van der Waals surface area contributed by atoms with Crippen LogP contribution in [0.5, 0.6) is 0 Å². The largest absolute Gasteiger partial charge is 0.396 e. The molecule has 1 aromatic heterocycles. The molecule has 2 rings (SSSR count). The average Bonchev–Trinajstić information content (AvgIpc) is 2.62. The van der Waals surface area contributed by atoms with Crippen LogP contribution in [0.1, 0.15) is 51.0 Å². The maximum atomic E-state index is 9.44. The van der Waals surface area contributed by atoms with Crippen LogP contribution in [0.4, 0.5) is 0 Å². The van der Waals surface area contributed by atoms with Gasteiger partial charge in [0.25, 0.3) is 0 Å². The summed E-state index contributed by atoms with van der Waals surface area (Å²) in [5.74, 6) is 0.854. The summed E-state index contributed by atoms with van der Waals surface area (Å²) in [7, 11) is 0. The van der Waals surface area contributed by atoms with Crippen LogP contribution in [0.15, 0.2) is 23.3 Å². The Morgan fingerprint density at radius 2 is 2.04 bits per heavy atom. The monoisotopic (exact) mass is 494 g/mol. The van der Waals surface area contributed by atoms with Gasteiger partial charge in [-0.15, -0.1) is 24.0 Å². The predicted molar refractivity (Wildman–Crippen MR) is 120 cm³/mol. The van der Waals surface area contributed by atoms with Crippen LogP contribution < -0.4 is 10.6 Å². The number of halogens is 2. The fraction of sp³-hybridized carbons (Fsp3) is 0.684. The van der Waals surface area contributed by atoms with Gasteiger partial charge >= 0.3 is 0 Å². The Morgan fingerprint density at radius 1 is 1.27 bits per heavy atom. The van der Waals surface area contributed by atoms with E-state index in [1.54, 1.807) is 0 Å². The van der Waals surface area contributed by atoms with Crippen LogP contribution in [0.25, 0.3) is 0 Å². The van der Waals surface area contributed by atoms with Crippen LogP contribution in [-0.4, -0.2) is 42.3 Å². The van der Waals surface area contributed by atoms with Gasteiger partial charge < -0.3 is 15.7 Å². The third-order valence-electron chi connectivity index (χ3n) is 4.97. The highest BCUT2D eigenvalue weighted by molar-refractivity contribution is 14.0. The Balaban J connectivity index is 0.00000338. The van der Waals surface area contributed by atoms with Gasteiger partial charge in [-0.3, -0.25) is 4.99 Å². The second kappa shape index (κ2) is 12.7. The van der Waals surface area contributed by atoms with Crippen molar-refractivity contribution in [3.05, 3.63) is 29.0 Å². The van der Waals surface area contributed by atoms with E-state index in [-0.39, 0.29) is 36.0 Å². The van der Waals surface area contributed by atoms with Gasteiger partial charge in [-0.1, -0.05) is 36.9 Å². The van der Waals surface area contributed by atoms with Crippen molar-refractivity contribution in [2.24, 2.45) is 10.4 Å². The lowest BCUT2D eigenvalue weighted by molar-refractivity contribution is 0.137. The fourth-order valence-corrected chi connectivity index (χ4v) is 3.61. The third kappa shape index (κ3) is 7.96. The van der Waals surface area contributed by atoms with Crippen LogP contribution in [-0.2, 0) is 6.42 Å². The van der Waals surface area contributed by atoms with E-state index in [1.165, 1.54) is 32.1 Å². The molecule has 0 radical (unpaired) electrons. The van der Waals surface area contributed by atoms with Gasteiger partial charge in [0, 0.05) is 32.4 Å². The molecule has 0 unspecified atom stereocenters. The smallest absolute Gasteiger partial charge is 0.191 e. The van der Waals surface area contributed by atoms with Crippen LogP contribution in [0.2, 0.25) is 5.15 Å². The lowest BCUT2D eigenvalue weighted by atomic mass is 9.72. The lowest BCUT2D eigenvalue weighted by Gasteiger charge is -2.35. The molecule has 1 aliphatic rings. The summed E-state index contributed by atoms with van der Waals surface area (Å²) in [6, 6.07) is 3.82. The van der Waals surface area contributed by atoms with E-state index in [0.29, 0.717) is 5.15 Å². The van der Waals surface area contributed by atoms with Crippen molar-refractivity contribution in [1.82, 2.24) is 15.6 Å². The molecule has 1 aliphatic carbocycles. The van der Waals surface area contributed by atoms with Gasteiger partial charge in [-0.2, -0.15) is 0 Å². The molecule has 0 bridgehead atoms. The first kappa shape index (κ1) is 23.4. The Bertz CT molecular complexity index is 527. The van der Waals surface area contributed by atoms with E-state index >= 15 is 0 Å². The molecule has 1 fully saturated rings. The standard InChI is InChI=1S/C19H31ClN4O.HI/c1-2-21-18(22-12-8-16-6-7-17(20)23-14-16)24-15-19(11-13-25)9-4-3-5-10-19;/h6-7,14,25H,2-5,8-13,15H2,1H3,(H2,21,22,24);1H. The summed E-state index contributed by atoms with van der Waals surface area (Å²) < 4.78 is 0. The quantitative estimate of drug-likeness (QED) is 0.223. The number of aliphatic hydroxyl groups is 1. The number of aliphatic imine (C=N–C) groups is 1. The topological polar surface area (TPSA) is 69.5 Å². The van der Waals surface area contributed by atoms with E-state index in [2.05, 4.69) is 22.5 Å². The van der Waals surface area contributed by atoms with Crippen molar-refractivity contribution in [3.63, 3.8) is 0 Å². The minimum atomic E-state index is 0. The summed E-state index contributed by atoms with van der Waals surface area (Å²) >= 11 is 5.82. The number of nitrogens with one attached hydrogen (secondary N) is 2. The molecular weight excluding hydrogens is 463 g/mol. The molecule has 26 heavy (non-hydrogen) atoms. The maximum Gasteiger partial charge on any atom is 0.191 e. The Morgan fingerprint density at radius 3 is 2.65 bits per heavy atom. The van der Waals surface area contributed by atoms with Gasteiger partial charge in [-0.25, -0.2) is 4.98 Å². The summed E-state index contributed by atoms with van der Waals surface area (Å²) in [5, 5.41) is 16.7. The van der Waals surface area contributed by atoms with E-state index in [0.717, 1.165) is 44.0 Å². The number of aliphatic hydroxyl groups excluding tert-OH is 1. The normalized spacial score (nSPS) is 16.7. The first-order valence-electron chi connectivity index (χ1n) is 9.41. The second-order valence-corrected chi connectivity index (χ2v) is 7.28. The summed E-state index contributed by atoms with van der Waals surface area (Å²) in [4.78, 5) is 8.93. The number of aromatic nitrogens is 1. The van der Waals surface area contributed by atoms with Crippen molar-refractivity contribution in [3.8, 4) is 0 Å². The van der Waals surface area contributed by atoms with Gasteiger partial charge in [-0.05, 0) is 49.7 Å². The van der Waals surface area contributed by atoms with E-state index in [9.17, 15) is 5.11 Å². The number of hydrogen-bond acceptors (Lipinski definition) is 3. The van der Waals surface area contributed by atoms with E-state index in [1.807, 2.05) is 18.3 Å². The minimum Gasteiger partial charge on any atom is -0.396 e. The molecule has 148 valence electrons. The number of hydrogen-bond donors (Lipinski definition) is 3. The molecule has 0 aliphatic heterocycles. The zero-order valence-corrected chi connectivity index (χ0v) is 18.7. The van der Waals surface area contributed by atoms with E-state index < -0.39 is 0 Å². The van der Waals surface area contributed by atoms with Crippen LogP contribution in [0, 0.1) is 5.41 Å². The van der Waals surface area contributed by atoms with Crippen molar-refractivity contribution in [1.29, 1.82) is 0 Å². The molecule has 1 heterocycles. The first-order valence-corrected chi connectivity index (χ1v) is 9.79. The highest BCUT2D eigenvalue weighted by Crippen LogP contribution is 2.39. The van der Waals surface area contributed by atoms with Gasteiger partial charge in [0.15, 0.2) is 5.96 Å². The SMILES string of the molecule is CCNC(=NCC1(CCO)CCCCC1)NCCc1ccc(Cl)nc1.I. The van der Waals surface area contributed by atoms with Crippen molar-refractivity contribution in [2.45, 2.75) is 51.9 Å². The minimum absolute atomic E-state index is 0. The molecular formula is C19H32ClIN4O. The predicted octanol–water partition coefficient (Wildman–Crippen LogP) is 3.78. The lowest BCUT2D eigenvalue weighted by Crippen LogP contribution is -2.40. The maximum absolute atomic E-state index is 9.44. The molecule has 3 N–H and O–H groups in total. The summed E-state index contributed by atoms with van der Waals surface area (Å²) in [6.07, 6.45) is 9.70. The zero-order chi connectivity index (χ0) is 18.0. The Kier molecular flexibility index (Phi) is 11.5. The van der Waals surface area contributed by atoms with E-state index in [4.69, 9.17) is 16.6 Å². The molecule has 0 amide bonds. The van der Waals surface area contributed by atoms with Gasteiger partial charge in [0.1, 0.15) is 5.15 Å². The Labute approximate surface area is 179 Å². The van der Waals surface area contributed by atoms with Crippen molar-refractivity contribution in [2.75, 3.05) is 26.2 Å². The van der Waals surface area contributed by atoms with Crippen LogP contribution >= 0.6 is 35.6 Å². The molecule has 0 aromatic carbocycles. The molecule has 5 nitrogen and oxygen atoms in total. The summed E-state index contributed by atoms with van der Waals surface area (Å²) in [5.41, 5.74) is 1.33. The molecule has 0 atom stereocenters. The average molecular weight is 495 g/mol. The summed E-state index contributed by atoms with van der Waals surface area (Å²) in [6.45, 7) is 4.74. The number of pyridine rings is 1. The Hall–Kier alpha value is -0.600. The van der Waals surface area contributed by atoms with Crippen LogP contribution in [0.3, 0.4) is 0 Å². The molecule has 1 aromatic rings. The number of nitrogens with zero attached hydrogens (tertiary/aromatic N) is 2. The second-order valence-electron chi connectivity index (χ2n) is 6.90. The van der Waals surface area contributed by atoms with Gasteiger partial charge in [0.05, 0.1) is 0 Å². The van der Waals surface area contributed by atoms with Gasteiger partial charge in [0.2, 0.25) is 0 Å². The number of rotatable bonds is 8. The molecule has 0 spiro atoms. The zero-order valence-electron chi connectivity index (χ0n) is 15.6. The number of guanidine groups is 1. The highest BCUT2D eigenvalue weighted by Gasteiger charge is 2.31. The van der Waals surface area contributed by atoms with Crippen molar-refractivity contribution >= 4 is 41.5 Å². The first-order chi connectivity index (χ1) is 12.2. The molecule has 1 saturated carbocycles.